The predicted molar refractivity (Wildman–Crippen MR) is 45.8 cm³/mol. The zero-order valence-corrected chi connectivity index (χ0v) is 6.52. The van der Waals surface area contributed by atoms with Crippen molar-refractivity contribution < 1.29 is 14.6 Å². The zero-order valence-electron chi connectivity index (χ0n) is 6.52. The summed E-state index contributed by atoms with van der Waals surface area (Å²) in [6.07, 6.45) is 0.974. The van der Waals surface area contributed by atoms with Crippen LogP contribution in [0.15, 0.2) is 33.7 Å². The molecule has 0 unspecified atom stereocenters. The summed E-state index contributed by atoms with van der Waals surface area (Å²) in [6.45, 7) is 0. The fraction of sp³-hybridized carbons (Fsp3) is 0. The molecule has 0 radical (unpaired) electrons. The molecule has 2 rings (SSSR count). The molecule has 66 valence electrons. The molecule has 1 heterocycles. The van der Waals surface area contributed by atoms with Gasteiger partial charge in [-0.1, -0.05) is 0 Å². The van der Waals surface area contributed by atoms with Gasteiger partial charge in [0.2, 0.25) is 5.43 Å². The lowest BCUT2D eigenvalue weighted by Crippen LogP contribution is -1.99. The highest BCUT2D eigenvalue weighted by atomic mass is 16.3. The molecule has 1 aromatic heterocycles. The van der Waals surface area contributed by atoms with E-state index >= 15 is 0 Å². The molecular formula is C9H6O4. The van der Waals surface area contributed by atoms with E-state index in [0.717, 1.165) is 6.26 Å². The van der Waals surface area contributed by atoms with Gasteiger partial charge in [0.15, 0.2) is 5.75 Å². The first-order chi connectivity index (χ1) is 6.18. The van der Waals surface area contributed by atoms with Gasteiger partial charge >= 0.3 is 0 Å². The molecule has 0 fully saturated rings. The van der Waals surface area contributed by atoms with Gasteiger partial charge in [0, 0.05) is 0 Å². The predicted octanol–water partition coefficient (Wildman–Crippen LogP) is 1.20. The van der Waals surface area contributed by atoms with Crippen molar-refractivity contribution in [2.75, 3.05) is 0 Å². The first kappa shape index (κ1) is 7.67. The van der Waals surface area contributed by atoms with E-state index in [9.17, 15) is 4.79 Å². The number of hydrogen-bond acceptors (Lipinski definition) is 4. The maximum Gasteiger partial charge on any atom is 0.234 e. The summed E-state index contributed by atoms with van der Waals surface area (Å²) in [5.74, 6) is -0.497. The summed E-state index contributed by atoms with van der Waals surface area (Å²) in [4.78, 5) is 11.3. The number of rotatable bonds is 0. The van der Waals surface area contributed by atoms with Crippen molar-refractivity contribution in [3.05, 3.63) is 34.7 Å². The van der Waals surface area contributed by atoms with Crippen molar-refractivity contribution in [3.8, 4) is 11.5 Å². The van der Waals surface area contributed by atoms with Crippen LogP contribution in [0.25, 0.3) is 11.0 Å². The zero-order chi connectivity index (χ0) is 9.42. The largest absolute Gasteiger partial charge is 0.508 e. The standard InChI is InChI=1S/C9H6O4/c10-5-1-2-8-6(3-5)9(12)7(11)4-13-8/h1-4,10-11H. The fourth-order valence-electron chi connectivity index (χ4n) is 1.11. The number of phenolic OH excluding ortho intramolecular Hbond substituents is 1. The van der Waals surface area contributed by atoms with Gasteiger partial charge in [-0.25, -0.2) is 0 Å². The molecule has 0 bridgehead atoms. The number of hydrogen-bond donors (Lipinski definition) is 2. The summed E-state index contributed by atoms with van der Waals surface area (Å²) in [7, 11) is 0. The molecule has 2 aromatic rings. The second-order valence-electron chi connectivity index (χ2n) is 2.63. The van der Waals surface area contributed by atoms with Crippen LogP contribution in [0.2, 0.25) is 0 Å². The Morgan fingerprint density at radius 1 is 1.23 bits per heavy atom. The molecule has 0 aliphatic heterocycles. The quantitative estimate of drug-likeness (QED) is 0.635. The van der Waals surface area contributed by atoms with E-state index in [1.165, 1.54) is 18.2 Å². The monoisotopic (exact) mass is 178 g/mol. The van der Waals surface area contributed by atoms with Gasteiger partial charge in [-0.3, -0.25) is 4.79 Å². The normalized spacial score (nSPS) is 10.5. The van der Waals surface area contributed by atoms with Crippen molar-refractivity contribution in [1.29, 1.82) is 0 Å². The minimum Gasteiger partial charge on any atom is -0.508 e. The third kappa shape index (κ3) is 1.12. The van der Waals surface area contributed by atoms with Crippen molar-refractivity contribution in [2.24, 2.45) is 0 Å². The number of fused-ring (bicyclic) bond motifs is 1. The molecule has 0 saturated carbocycles. The van der Waals surface area contributed by atoms with E-state index in [2.05, 4.69) is 0 Å². The topological polar surface area (TPSA) is 70.7 Å². The minimum absolute atomic E-state index is 0.0367. The molecule has 2 N–H and O–H groups in total. The van der Waals surface area contributed by atoms with Crippen LogP contribution < -0.4 is 5.43 Å². The van der Waals surface area contributed by atoms with Crippen LogP contribution in [0, 0.1) is 0 Å². The van der Waals surface area contributed by atoms with Crippen molar-refractivity contribution in [1.82, 2.24) is 0 Å². The fourth-order valence-corrected chi connectivity index (χ4v) is 1.11. The van der Waals surface area contributed by atoms with Crippen LogP contribution in [0.1, 0.15) is 0 Å². The lowest BCUT2D eigenvalue weighted by Gasteiger charge is -1.97. The van der Waals surface area contributed by atoms with Gasteiger partial charge < -0.3 is 14.6 Å². The van der Waals surface area contributed by atoms with E-state index < -0.39 is 11.2 Å². The van der Waals surface area contributed by atoms with Crippen LogP contribution in [-0.2, 0) is 0 Å². The summed E-state index contributed by atoms with van der Waals surface area (Å²) in [5.41, 5.74) is -0.210. The molecular weight excluding hydrogens is 172 g/mol. The Hall–Kier alpha value is -1.97. The van der Waals surface area contributed by atoms with Crippen LogP contribution in [0.4, 0.5) is 0 Å². The number of phenols is 1. The molecule has 0 atom stereocenters. The van der Waals surface area contributed by atoms with Crippen LogP contribution in [-0.4, -0.2) is 10.2 Å². The van der Waals surface area contributed by atoms with Gasteiger partial charge in [-0.05, 0) is 18.2 Å². The maximum atomic E-state index is 11.3. The van der Waals surface area contributed by atoms with Gasteiger partial charge in [0.05, 0.1) is 5.39 Å². The Bertz CT molecular complexity index is 507. The Labute approximate surface area is 72.7 Å². The van der Waals surface area contributed by atoms with Gasteiger partial charge in [-0.2, -0.15) is 0 Å². The highest BCUT2D eigenvalue weighted by Gasteiger charge is 2.05. The van der Waals surface area contributed by atoms with E-state index in [1.807, 2.05) is 0 Å². The number of aromatic hydroxyl groups is 2. The smallest absolute Gasteiger partial charge is 0.234 e. The average Bonchev–Trinajstić information content (AvgIpc) is 2.12. The molecule has 1 aromatic carbocycles. The van der Waals surface area contributed by atoms with E-state index in [0.29, 0.717) is 5.58 Å². The molecule has 4 nitrogen and oxygen atoms in total. The Kier molecular flexibility index (Phi) is 1.48. The minimum atomic E-state index is -0.544. The first-order valence-electron chi connectivity index (χ1n) is 3.62. The first-order valence-corrected chi connectivity index (χ1v) is 3.62. The summed E-state index contributed by atoms with van der Waals surface area (Å²) in [5, 5.41) is 18.3. The van der Waals surface area contributed by atoms with Crippen LogP contribution >= 0.6 is 0 Å². The van der Waals surface area contributed by atoms with Gasteiger partial charge in [-0.15, -0.1) is 0 Å². The third-order valence-corrected chi connectivity index (χ3v) is 1.74. The van der Waals surface area contributed by atoms with Crippen LogP contribution in [0.5, 0.6) is 11.5 Å². The van der Waals surface area contributed by atoms with Crippen LogP contribution in [0.3, 0.4) is 0 Å². The van der Waals surface area contributed by atoms with E-state index in [1.54, 1.807) is 0 Å². The van der Waals surface area contributed by atoms with Crippen molar-refractivity contribution in [2.45, 2.75) is 0 Å². The van der Waals surface area contributed by atoms with Gasteiger partial charge in [0.1, 0.15) is 17.6 Å². The van der Waals surface area contributed by atoms with Crippen molar-refractivity contribution >= 4 is 11.0 Å². The summed E-state index contributed by atoms with van der Waals surface area (Å²) >= 11 is 0. The second kappa shape index (κ2) is 2.52. The average molecular weight is 178 g/mol. The Morgan fingerprint density at radius 3 is 2.77 bits per heavy atom. The lowest BCUT2D eigenvalue weighted by atomic mass is 10.2. The second-order valence-corrected chi connectivity index (χ2v) is 2.63. The molecule has 0 spiro atoms. The Balaban J connectivity index is 2.97. The number of benzene rings is 1. The van der Waals surface area contributed by atoms with E-state index in [-0.39, 0.29) is 11.1 Å². The molecule has 0 aliphatic carbocycles. The highest BCUT2D eigenvalue weighted by Crippen LogP contribution is 2.18. The SMILES string of the molecule is O=c1c(O)coc2ccc(O)cc12. The molecule has 13 heavy (non-hydrogen) atoms. The summed E-state index contributed by atoms with van der Waals surface area (Å²) < 4.78 is 4.92. The molecule has 0 saturated heterocycles. The third-order valence-electron chi connectivity index (χ3n) is 1.74. The van der Waals surface area contributed by atoms with Gasteiger partial charge in [0.25, 0.3) is 0 Å². The highest BCUT2D eigenvalue weighted by molar-refractivity contribution is 5.78. The van der Waals surface area contributed by atoms with Crippen molar-refractivity contribution in [3.63, 3.8) is 0 Å². The van der Waals surface area contributed by atoms with E-state index in [4.69, 9.17) is 14.6 Å². The maximum absolute atomic E-state index is 11.3. The lowest BCUT2D eigenvalue weighted by molar-refractivity contribution is 0.441. The molecule has 4 heteroatoms. The Morgan fingerprint density at radius 2 is 2.00 bits per heavy atom. The molecule has 0 amide bonds. The summed E-state index contributed by atoms with van der Waals surface area (Å²) in [6, 6.07) is 4.12. The molecule has 0 aliphatic rings.